The van der Waals surface area contributed by atoms with Gasteiger partial charge in [0.25, 0.3) is 0 Å². The van der Waals surface area contributed by atoms with E-state index >= 15 is 0 Å². The molecule has 0 atom stereocenters. The third kappa shape index (κ3) is 3.67. The van der Waals surface area contributed by atoms with Crippen molar-refractivity contribution in [2.45, 2.75) is 0 Å². The molecule has 1 aromatic carbocycles. The van der Waals surface area contributed by atoms with Crippen LogP contribution in [0.3, 0.4) is 0 Å². The van der Waals surface area contributed by atoms with Gasteiger partial charge in [-0.3, -0.25) is 0 Å². The fourth-order valence-electron chi connectivity index (χ4n) is 2.18. The minimum absolute atomic E-state index is 0.390. The van der Waals surface area contributed by atoms with Gasteiger partial charge in [-0.15, -0.1) is 0 Å². The van der Waals surface area contributed by atoms with E-state index in [9.17, 15) is 4.79 Å². The number of hydrogen-bond donors (Lipinski definition) is 2. The molecule has 0 aliphatic heterocycles. The molecule has 2 heterocycles. The molecule has 2 N–H and O–H groups in total. The second kappa shape index (κ2) is 7.23. The molecule has 0 bridgehead atoms. The smallest absolute Gasteiger partial charge is 0.339 e. The lowest BCUT2D eigenvalue weighted by atomic mass is 10.1. The average Bonchev–Trinajstić information content (AvgIpc) is 2.63. The van der Waals surface area contributed by atoms with Gasteiger partial charge in [-0.05, 0) is 30.3 Å². The van der Waals surface area contributed by atoms with E-state index in [1.54, 1.807) is 24.5 Å². The molecule has 0 aliphatic carbocycles. The third-order valence-corrected chi connectivity index (χ3v) is 3.29. The van der Waals surface area contributed by atoms with Crippen LogP contribution in [-0.2, 0) is 4.74 Å². The van der Waals surface area contributed by atoms with Crippen LogP contribution < -0.4 is 10.6 Å². The molecule has 0 fully saturated rings. The summed E-state index contributed by atoms with van der Waals surface area (Å²) in [6.45, 7) is 0. The first kappa shape index (κ1) is 15.5. The zero-order chi connectivity index (χ0) is 16.8. The average molecular weight is 320 g/mol. The number of benzene rings is 1. The van der Waals surface area contributed by atoms with Crippen molar-refractivity contribution in [3.63, 3.8) is 0 Å². The van der Waals surface area contributed by atoms with E-state index in [0.29, 0.717) is 22.9 Å². The topological polar surface area (TPSA) is 76.1 Å². The molecule has 0 aliphatic rings. The number of nitrogens with one attached hydrogen (secondary N) is 2. The first-order valence-electron chi connectivity index (χ1n) is 7.35. The Hall–Kier alpha value is -3.41. The van der Waals surface area contributed by atoms with Crippen LogP contribution in [-0.4, -0.2) is 23.0 Å². The van der Waals surface area contributed by atoms with Crippen molar-refractivity contribution in [2.24, 2.45) is 0 Å². The summed E-state index contributed by atoms with van der Waals surface area (Å²) < 4.78 is 4.81. The van der Waals surface area contributed by atoms with Crippen LogP contribution in [0.4, 0.5) is 23.0 Å². The molecule has 24 heavy (non-hydrogen) atoms. The molecule has 120 valence electrons. The largest absolute Gasteiger partial charge is 0.465 e. The zero-order valence-corrected chi connectivity index (χ0v) is 13.1. The number of methoxy groups -OCH3 is 1. The molecule has 0 radical (unpaired) electrons. The summed E-state index contributed by atoms with van der Waals surface area (Å²) in [5.74, 6) is 0.963. The van der Waals surface area contributed by atoms with Crippen LogP contribution in [0.2, 0.25) is 0 Å². The number of anilines is 4. The van der Waals surface area contributed by atoms with Crippen LogP contribution in [0.25, 0.3) is 0 Å². The fourth-order valence-corrected chi connectivity index (χ4v) is 2.18. The van der Waals surface area contributed by atoms with Gasteiger partial charge in [0.2, 0.25) is 0 Å². The van der Waals surface area contributed by atoms with Gasteiger partial charge in [0.1, 0.15) is 11.6 Å². The highest BCUT2D eigenvalue weighted by molar-refractivity contribution is 5.96. The summed E-state index contributed by atoms with van der Waals surface area (Å²) in [6, 6.07) is 16.4. The Labute approximate surface area is 139 Å². The number of carbonyl (C=O) groups is 1. The van der Waals surface area contributed by atoms with E-state index in [2.05, 4.69) is 20.6 Å². The maximum Gasteiger partial charge on any atom is 0.339 e. The van der Waals surface area contributed by atoms with Crippen LogP contribution in [0.5, 0.6) is 0 Å². The summed E-state index contributed by atoms with van der Waals surface area (Å²) in [6.07, 6.45) is 3.38. The number of carbonyl (C=O) groups excluding carboxylic acids is 1. The lowest BCUT2D eigenvalue weighted by Gasteiger charge is -2.12. The van der Waals surface area contributed by atoms with Gasteiger partial charge in [-0.2, -0.15) is 0 Å². The van der Waals surface area contributed by atoms with Crippen LogP contribution >= 0.6 is 0 Å². The summed E-state index contributed by atoms with van der Waals surface area (Å²) in [5.41, 5.74) is 1.93. The van der Waals surface area contributed by atoms with Crippen molar-refractivity contribution in [1.29, 1.82) is 0 Å². The predicted octanol–water partition coefficient (Wildman–Crippen LogP) is 3.75. The molecule has 6 heteroatoms. The van der Waals surface area contributed by atoms with Gasteiger partial charge in [-0.1, -0.05) is 18.2 Å². The highest BCUT2D eigenvalue weighted by atomic mass is 16.5. The van der Waals surface area contributed by atoms with Crippen molar-refractivity contribution in [2.75, 3.05) is 17.7 Å². The Morgan fingerprint density at radius 1 is 0.917 bits per heavy atom. The number of ether oxygens (including phenoxy) is 1. The molecule has 3 aromatic rings. The van der Waals surface area contributed by atoms with E-state index in [-0.39, 0.29) is 5.97 Å². The molecule has 2 aromatic heterocycles. The summed E-state index contributed by atoms with van der Waals surface area (Å²) in [4.78, 5) is 20.3. The minimum atomic E-state index is -0.390. The highest BCUT2D eigenvalue weighted by Gasteiger charge is 2.11. The molecule has 6 nitrogen and oxygen atoms in total. The van der Waals surface area contributed by atoms with E-state index in [0.717, 1.165) is 5.69 Å². The van der Waals surface area contributed by atoms with E-state index < -0.39 is 0 Å². The Balaban J connectivity index is 1.82. The van der Waals surface area contributed by atoms with Gasteiger partial charge in [0.15, 0.2) is 0 Å². The van der Waals surface area contributed by atoms with Crippen LogP contribution in [0.15, 0.2) is 67.0 Å². The van der Waals surface area contributed by atoms with E-state index in [4.69, 9.17) is 4.74 Å². The fraction of sp³-hybridized carbons (Fsp3) is 0.0556. The number of nitrogens with zero attached hydrogens (tertiary/aromatic N) is 2. The summed E-state index contributed by atoms with van der Waals surface area (Å²) >= 11 is 0. The maximum atomic E-state index is 11.8. The van der Waals surface area contributed by atoms with Gasteiger partial charge >= 0.3 is 5.97 Å². The van der Waals surface area contributed by atoms with Crippen molar-refractivity contribution in [1.82, 2.24) is 9.97 Å². The van der Waals surface area contributed by atoms with Crippen molar-refractivity contribution < 1.29 is 9.53 Å². The molecule has 0 spiro atoms. The zero-order valence-electron chi connectivity index (χ0n) is 13.1. The number of esters is 1. The molecular formula is C18H16N4O2. The lowest BCUT2D eigenvalue weighted by molar-refractivity contribution is 0.0602. The van der Waals surface area contributed by atoms with Gasteiger partial charge in [0, 0.05) is 24.1 Å². The Kier molecular flexibility index (Phi) is 4.67. The van der Waals surface area contributed by atoms with E-state index in [1.807, 2.05) is 42.5 Å². The molecule has 3 rings (SSSR count). The third-order valence-electron chi connectivity index (χ3n) is 3.29. The first-order valence-corrected chi connectivity index (χ1v) is 7.35. The quantitative estimate of drug-likeness (QED) is 0.697. The molecule has 0 unspecified atom stereocenters. The Morgan fingerprint density at radius 2 is 1.71 bits per heavy atom. The number of pyridine rings is 2. The first-order chi connectivity index (χ1) is 11.8. The predicted molar refractivity (Wildman–Crippen MR) is 92.8 cm³/mol. The minimum Gasteiger partial charge on any atom is -0.465 e. The maximum absolute atomic E-state index is 11.8. The van der Waals surface area contributed by atoms with Gasteiger partial charge < -0.3 is 15.4 Å². The normalized spacial score (nSPS) is 10.0. The van der Waals surface area contributed by atoms with Gasteiger partial charge in [-0.25, -0.2) is 14.8 Å². The second-order valence-electron chi connectivity index (χ2n) is 4.93. The number of hydrogen-bond acceptors (Lipinski definition) is 6. The van der Waals surface area contributed by atoms with Gasteiger partial charge in [0.05, 0.1) is 18.4 Å². The standard InChI is InChI=1S/C18H16N4O2/c1-24-18(23)14-6-2-3-7-15(14)21-13-9-11-20-17(12-13)22-16-8-4-5-10-19-16/h2-12H,1H3,(H2,19,20,21,22). The van der Waals surface area contributed by atoms with Crippen molar-refractivity contribution in [3.05, 3.63) is 72.6 Å². The van der Waals surface area contributed by atoms with Crippen molar-refractivity contribution in [3.8, 4) is 0 Å². The number of aromatic nitrogens is 2. The molecule has 0 saturated carbocycles. The Morgan fingerprint density at radius 3 is 2.50 bits per heavy atom. The van der Waals surface area contributed by atoms with E-state index in [1.165, 1.54) is 7.11 Å². The SMILES string of the molecule is COC(=O)c1ccccc1Nc1ccnc(Nc2ccccn2)c1. The molecule has 0 amide bonds. The van der Waals surface area contributed by atoms with Crippen molar-refractivity contribution >= 4 is 29.0 Å². The number of para-hydroxylation sites is 1. The summed E-state index contributed by atoms with van der Waals surface area (Å²) in [7, 11) is 1.36. The highest BCUT2D eigenvalue weighted by Crippen LogP contribution is 2.23. The monoisotopic (exact) mass is 320 g/mol. The lowest BCUT2D eigenvalue weighted by Crippen LogP contribution is -2.05. The molecular weight excluding hydrogens is 304 g/mol. The molecule has 0 saturated heterocycles. The number of rotatable bonds is 5. The Bertz CT molecular complexity index is 837. The van der Waals surface area contributed by atoms with Crippen LogP contribution in [0, 0.1) is 0 Å². The van der Waals surface area contributed by atoms with Crippen LogP contribution in [0.1, 0.15) is 10.4 Å². The summed E-state index contributed by atoms with van der Waals surface area (Å²) in [5, 5.41) is 6.34. The second-order valence-corrected chi connectivity index (χ2v) is 4.93.